The predicted molar refractivity (Wildman–Crippen MR) is 110 cm³/mol. The van der Waals surface area contributed by atoms with Gasteiger partial charge < -0.3 is 9.88 Å². The van der Waals surface area contributed by atoms with Gasteiger partial charge in [-0.05, 0) is 37.1 Å². The number of hydrogen-bond donors (Lipinski definition) is 1. The van der Waals surface area contributed by atoms with Crippen molar-refractivity contribution in [2.24, 2.45) is 0 Å². The minimum Gasteiger partial charge on any atom is -0.369 e. The Labute approximate surface area is 163 Å². The van der Waals surface area contributed by atoms with E-state index in [1.807, 2.05) is 0 Å². The molecule has 2 heterocycles. The third kappa shape index (κ3) is 3.64. The van der Waals surface area contributed by atoms with Gasteiger partial charge in [0.25, 0.3) is 5.56 Å². The van der Waals surface area contributed by atoms with Gasteiger partial charge in [0.05, 0.1) is 5.52 Å². The van der Waals surface area contributed by atoms with E-state index in [1.54, 1.807) is 19.1 Å². The van der Waals surface area contributed by atoms with Crippen molar-refractivity contribution in [3.63, 3.8) is 0 Å². The Morgan fingerprint density at radius 2 is 1.79 bits per heavy atom. The number of nitrogens with zero attached hydrogens (tertiary/aromatic N) is 3. The summed E-state index contributed by atoms with van der Waals surface area (Å²) < 4.78 is 14.9. The molecule has 1 fully saturated rings. The molecule has 1 N–H and O–H groups in total. The lowest BCUT2D eigenvalue weighted by Gasteiger charge is -2.36. The van der Waals surface area contributed by atoms with Crippen molar-refractivity contribution in [1.29, 1.82) is 0 Å². The van der Waals surface area contributed by atoms with Gasteiger partial charge in [-0.3, -0.25) is 9.69 Å². The topological polar surface area (TPSA) is 52.2 Å². The van der Waals surface area contributed by atoms with Crippen molar-refractivity contribution in [2.75, 3.05) is 31.1 Å². The Morgan fingerprint density at radius 3 is 2.46 bits per heavy atom. The SMILES string of the molecule is CCc1ccc(N2CCN(Cc3ccc4nc(C)c(=O)[nH]c4c3F)CC2)cc1. The highest BCUT2D eigenvalue weighted by Gasteiger charge is 2.19. The fourth-order valence-electron chi connectivity index (χ4n) is 3.73. The fraction of sp³-hybridized carbons (Fsp3) is 0.364. The fourth-order valence-corrected chi connectivity index (χ4v) is 3.73. The lowest BCUT2D eigenvalue weighted by molar-refractivity contribution is 0.247. The molecule has 28 heavy (non-hydrogen) atoms. The molecular weight excluding hydrogens is 355 g/mol. The van der Waals surface area contributed by atoms with Crippen molar-refractivity contribution in [3.05, 3.63) is 69.4 Å². The van der Waals surface area contributed by atoms with Crippen LogP contribution in [0, 0.1) is 12.7 Å². The summed E-state index contributed by atoms with van der Waals surface area (Å²) in [6.07, 6.45) is 1.05. The average Bonchev–Trinajstić information content (AvgIpc) is 2.72. The molecule has 2 aromatic carbocycles. The summed E-state index contributed by atoms with van der Waals surface area (Å²) >= 11 is 0. The van der Waals surface area contributed by atoms with E-state index < -0.39 is 0 Å². The van der Waals surface area contributed by atoms with Crippen molar-refractivity contribution < 1.29 is 4.39 Å². The smallest absolute Gasteiger partial charge is 0.269 e. The van der Waals surface area contributed by atoms with Crippen LogP contribution in [0.4, 0.5) is 10.1 Å². The summed E-state index contributed by atoms with van der Waals surface area (Å²) in [6.45, 7) is 7.88. The number of aryl methyl sites for hydroxylation is 2. The van der Waals surface area contributed by atoms with E-state index in [2.05, 4.69) is 51.0 Å². The second-order valence-corrected chi connectivity index (χ2v) is 7.37. The quantitative estimate of drug-likeness (QED) is 0.755. The highest BCUT2D eigenvalue weighted by Crippen LogP contribution is 2.21. The molecule has 146 valence electrons. The van der Waals surface area contributed by atoms with Crippen molar-refractivity contribution >= 4 is 16.7 Å². The molecule has 0 spiro atoms. The molecule has 0 unspecified atom stereocenters. The van der Waals surface area contributed by atoms with E-state index in [1.165, 1.54) is 11.3 Å². The van der Waals surface area contributed by atoms with Crippen LogP contribution in [-0.2, 0) is 13.0 Å². The van der Waals surface area contributed by atoms with Crippen molar-refractivity contribution in [1.82, 2.24) is 14.9 Å². The zero-order valence-corrected chi connectivity index (χ0v) is 16.3. The second-order valence-electron chi connectivity index (χ2n) is 7.37. The number of aromatic nitrogens is 2. The molecule has 0 amide bonds. The van der Waals surface area contributed by atoms with Crippen LogP contribution in [-0.4, -0.2) is 41.0 Å². The zero-order valence-electron chi connectivity index (χ0n) is 16.3. The highest BCUT2D eigenvalue weighted by molar-refractivity contribution is 5.75. The van der Waals surface area contributed by atoms with Gasteiger partial charge >= 0.3 is 0 Å². The number of H-pyrrole nitrogens is 1. The number of rotatable bonds is 4. The maximum atomic E-state index is 14.9. The van der Waals surface area contributed by atoms with Crippen LogP contribution in [0.5, 0.6) is 0 Å². The number of piperazine rings is 1. The largest absolute Gasteiger partial charge is 0.369 e. The van der Waals surface area contributed by atoms with E-state index in [4.69, 9.17) is 0 Å². The molecule has 1 saturated heterocycles. The minimum absolute atomic E-state index is 0.197. The Balaban J connectivity index is 1.45. The van der Waals surface area contributed by atoms with Crippen molar-refractivity contribution in [2.45, 2.75) is 26.8 Å². The van der Waals surface area contributed by atoms with Gasteiger partial charge in [0.15, 0.2) is 5.82 Å². The number of anilines is 1. The summed E-state index contributed by atoms with van der Waals surface area (Å²) in [7, 11) is 0. The van der Waals surface area contributed by atoms with Crippen LogP contribution in [0.2, 0.25) is 0 Å². The molecule has 3 aromatic rings. The number of nitrogens with one attached hydrogen (secondary N) is 1. The first-order valence-electron chi connectivity index (χ1n) is 9.79. The maximum absolute atomic E-state index is 14.9. The predicted octanol–water partition coefficient (Wildman–Crippen LogP) is 3.26. The van der Waals surface area contributed by atoms with Crippen LogP contribution in [0.25, 0.3) is 11.0 Å². The van der Waals surface area contributed by atoms with Crippen LogP contribution >= 0.6 is 0 Å². The maximum Gasteiger partial charge on any atom is 0.269 e. The van der Waals surface area contributed by atoms with Gasteiger partial charge in [-0.1, -0.05) is 25.1 Å². The first-order chi connectivity index (χ1) is 13.5. The van der Waals surface area contributed by atoms with E-state index in [-0.39, 0.29) is 16.9 Å². The van der Waals surface area contributed by atoms with Crippen molar-refractivity contribution in [3.8, 4) is 0 Å². The van der Waals surface area contributed by atoms with Crippen LogP contribution in [0.3, 0.4) is 0 Å². The molecular formula is C22H25FN4O. The number of halogens is 1. The zero-order chi connectivity index (χ0) is 19.7. The number of fused-ring (bicyclic) bond motifs is 1. The Morgan fingerprint density at radius 1 is 1.07 bits per heavy atom. The summed E-state index contributed by atoms with van der Waals surface area (Å²) in [5.41, 5.74) is 3.87. The van der Waals surface area contributed by atoms with Crippen LogP contribution in [0.15, 0.2) is 41.2 Å². The number of hydrogen-bond acceptors (Lipinski definition) is 4. The Kier molecular flexibility index (Phi) is 5.13. The van der Waals surface area contributed by atoms with Crippen LogP contribution in [0.1, 0.15) is 23.7 Å². The van der Waals surface area contributed by atoms with E-state index in [9.17, 15) is 9.18 Å². The second kappa shape index (κ2) is 7.72. The van der Waals surface area contributed by atoms with E-state index >= 15 is 0 Å². The number of benzene rings is 2. The summed E-state index contributed by atoms with van der Waals surface area (Å²) in [6, 6.07) is 12.3. The first-order valence-corrected chi connectivity index (χ1v) is 9.79. The van der Waals surface area contributed by atoms with Gasteiger partial charge in [0.1, 0.15) is 11.2 Å². The molecule has 6 heteroatoms. The van der Waals surface area contributed by atoms with E-state index in [0.29, 0.717) is 23.3 Å². The van der Waals surface area contributed by atoms with Gasteiger partial charge in [-0.25, -0.2) is 9.37 Å². The molecule has 4 rings (SSSR count). The Hall–Kier alpha value is -2.73. The van der Waals surface area contributed by atoms with Crippen LogP contribution < -0.4 is 10.5 Å². The molecule has 1 aliphatic heterocycles. The number of aromatic amines is 1. The monoisotopic (exact) mass is 380 g/mol. The third-order valence-electron chi connectivity index (χ3n) is 5.53. The normalized spacial score (nSPS) is 15.3. The minimum atomic E-state index is -0.375. The summed E-state index contributed by atoms with van der Waals surface area (Å²) in [5.74, 6) is -0.375. The molecule has 0 bridgehead atoms. The summed E-state index contributed by atoms with van der Waals surface area (Å²) in [5, 5.41) is 0. The standard InChI is InChI=1S/C22H25FN4O/c1-3-16-4-7-18(8-5-16)27-12-10-26(11-13-27)14-17-6-9-19-21(20(17)23)25-22(28)15(2)24-19/h4-9H,3,10-14H2,1-2H3,(H,25,28). The molecule has 0 aliphatic carbocycles. The molecule has 1 aromatic heterocycles. The average molecular weight is 380 g/mol. The summed E-state index contributed by atoms with van der Waals surface area (Å²) in [4.78, 5) is 23.2. The lowest BCUT2D eigenvalue weighted by atomic mass is 10.1. The molecule has 0 atom stereocenters. The first kappa shape index (κ1) is 18.6. The molecule has 1 aliphatic rings. The van der Waals surface area contributed by atoms with Gasteiger partial charge in [-0.15, -0.1) is 0 Å². The Bertz CT molecular complexity index is 1040. The highest BCUT2D eigenvalue weighted by atomic mass is 19.1. The molecule has 5 nitrogen and oxygen atoms in total. The van der Waals surface area contributed by atoms with Gasteiger partial charge in [0.2, 0.25) is 0 Å². The molecule has 0 radical (unpaired) electrons. The molecule has 0 saturated carbocycles. The van der Waals surface area contributed by atoms with E-state index in [0.717, 1.165) is 32.6 Å². The third-order valence-corrected chi connectivity index (χ3v) is 5.53. The lowest BCUT2D eigenvalue weighted by Crippen LogP contribution is -2.46. The van der Waals surface area contributed by atoms with Gasteiger partial charge in [-0.2, -0.15) is 0 Å². The van der Waals surface area contributed by atoms with Gasteiger partial charge in [0, 0.05) is 44.0 Å².